The number of hydrogen-bond donors (Lipinski definition) is 0. The molecule has 0 N–H and O–H groups in total. The van der Waals surface area contributed by atoms with Crippen LogP contribution >= 0.6 is 39.0 Å². The number of aromatic nitrogens is 1. The second-order valence-electron chi connectivity index (χ2n) is 9.63. The maximum absolute atomic E-state index is 14.1. The number of hydrogen-bond acceptors (Lipinski definition) is 8. The van der Waals surface area contributed by atoms with Crippen LogP contribution in [0.1, 0.15) is 36.8 Å². The number of ether oxygens (including phenoxy) is 2. The number of furan rings is 1. The molecule has 44 heavy (non-hydrogen) atoms. The van der Waals surface area contributed by atoms with Crippen LogP contribution in [0, 0.1) is 0 Å². The Labute approximate surface area is 270 Å². The fourth-order valence-corrected chi connectivity index (χ4v) is 7.24. The third-order valence-corrected chi connectivity index (χ3v) is 9.61. The van der Waals surface area contributed by atoms with Gasteiger partial charge in [0.05, 0.1) is 39.5 Å². The van der Waals surface area contributed by atoms with Gasteiger partial charge >= 0.3 is 5.97 Å². The fraction of sp³-hybridized carbons (Fsp3) is 0.147. The van der Waals surface area contributed by atoms with Gasteiger partial charge in [0.2, 0.25) is 0 Å². The first-order chi connectivity index (χ1) is 21.5. The van der Waals surface area contributed by atoms with Gasteiger partial charge in [0.15, 0.2) is 9.89 Å². The van der Waals surface area contributed by atoms with Gasteiger partial charge in [-0.1, -0.05) is 83.8 Å². The van der Waals surface area contributed by atoms with E-state index in [-0.39, 0.29) is 12.2 Å². The van der Waals surface area contributed by atoms with E-state index in [2.05, 4.69) is 15.9 Å². The van der Waals surface area contributed by atoms with Crippen molar-refractivity contribution in [3.63, 3.8) is 0 Å². The lowest BCUT2D eigenvalue weighted by Gasteiger charge is -2.26. The first-order valence-electron chi connectivity index (χ1n) is 14.0. The summed E-state index contributed by atoms with van der Waals surface area (Å²) in [6.45, 7) is 4.38. The standard InChI is InChI=1S/C34H27BrN2O5S2/c1-3-40-23-17-15-22(16-18-23)30-28(32(39)41-4-2)29(21-11-7-5-8-12-21)36-34-37(30)31(38)27(44-34)20-24-19-26(35)33(42-24)43-25-13-9-6-10-14-25/h5-20,30H,3-4H2,1-2H3/b27-20+/t30-/m1/s1. The average molecular weight is 688 g/mol. The van der Waals surface area contributed by atoms with Gasteiger partial charge in [-0.2, -0.15) is 0 Å². The zero-order chi connectivity index (χ0) is 30.6. The van der Waals surface area contributed by atoms with E-state index in [1.54, 1.807) is 17.6 Å². The number of esters is 1. The van der Waals surface area contributed by atoms with E-state index in [0.717, 1.165) is 20.5 Å². The molecule has 3 heterocycles. The predicted octanol–water partition coefficient (Wildman–Crippen LogP) is 6.84. The molecule has 1 aliphatic heterocycles. The van der Waals surface area contributed by atoms with Gasteiger partial charge in [0.25, 0.3) is 5.56 Å². The minimum Gasteiger partial charge on any atom is -0.494 e. The molecule has 10 heteroatoms. The van der Waals surface area contributed by atoms with E-state index in [9.17, 15) is 9.59 Å². The number of fused-ring (bicyclic) bond motifs is 1. The molecule has 0 saturated carbocycles. The zero-order valence-electron chi connectivity index (χ0n) is 23.9. The Morgan fingerprint density at radius 2 is 1.73 bits per heavy atom. The third-order valence-electron chi connectivity index (χ3n) is 6.78. The second-order valence-corrected chi connectivity index (χ2v) is 12.5. The molecule has 6 rings (SSSR count). The highest BCUT2D eigenvalue weighted by atomic mass is 79.9. The van der Waals surface area contributed by atoms with Crippen LogP contribution in [0.3, 0.4) is 0 Å². The molecule has 0 radical (unpaired) electrons. The molecule has 7 nitrogen and oxygen atoms in total. The van der Waals surface area contributed by atoms with Crippen LogP contribution in [0.2, 0.25) is 0 Å². The number of halogens is 1. The lowest BCUT2D eigenvalue weighted by Crippen LogP contribution is -2.40. The van der Waals surface area contributed by atoms with Crippen LogP contribution in [0.15, 0.2) is 125 Å². The van der Waals surface area contributed by atoms with Crippen molar-refractivity contribution in [3.8, 4) is 5.75 Å². The number of thiazole rings is 1. The molecule has 222 valence electrons. The number of carbonyl (C=O) groups excluding carboxylic acids is 1. The average Bonchev–Trinajstić information content (AvgIpc) is 3.55. The highest BCUT2D eigenvalue weighted by Gasteiger charge is 2.35. The summed E-state index contributed by atoms with van der Waals surface area (Å²) in [4.78, 5) is 34.2. The Morgan fingerprint density at radius 3 is 2.41 bits per heavy atom. The van der Waals surface area contributed by atoms with E-state index in [0.29, 0.717) is 43.8 Å². The number of benzene rings is 3. The van der Waals surface area contributed by atoms with Gasteiger partial charge in [-0.15, -0.1) is 0 Å². The number of carbonyl (C=O) groups is 1. The van der Waals surface area contributed by atoms with Crippen LogP contribution in [0.4, 0.5) is 0 Å². The molecular weight excluding hydrogens is 660 g/mol. The largest absolute Gasteiger partial charge is 0.494 e. The van der Waals surface area contributed by atoms with Crippen LogP contribution in [-0.2, 0) is 9.53 Å². The van der Waals surface area contributed by atoms with Crippen LogP contribution in [0.5, 0.6) is 5.75 Å². The Hall–Kier alpha value is -4.12. The number of rotatable bonds is 9. The summed E-state index contributed by atoms with van der Waals surface area (Å²) in [5, 5.41) is 0.679. The van der Waals surface area contributed by atoms with Crippen molar-refractivity contribution < 1.29 is 18.7 Å². The van der Waals surface area contributed by atoms with Crippen molar-refractivity contribution in [1.82, 2.24) is 4.57 Å². The van der Waals surface area contributed by atoms with Crippen LogP contribution < -0.4 is 19.6 Å². The topological polar surface area (TPSA) is 83.0 Å². The van der Waals surface area contributed by atoms with Crippen LogP contribution in [-0.4, -0.2) is 23.8 Å². The predicted molar refractivity (Wildman–Crippen MR) is 176 cm³/mol. The van der Waals surface area contributed by atoms with Crippen LogP contribution in [0.25, 0.3) is 11.8 Å². The highest BCUT2D eigenvalue weighted by Crippen LogP contribution is 2.37. The van der Waals surface area contributed by atoms with Crippen molar-refractivity contribution in [2.75, 3.05) is 13.2 Å². The summed E-state index contributed by atoms with van der Waals surface area (Å²) in [6, 6.07) is 27.9. The molecule has 0 fully saturated rings. The summed E-state index contributed by atoms with van der Waals surface area (Å²) in [7, 11) is 0. The molecule has 0 saturated heterocycles. The van der Waals surface area contributed by atoms with Crippen molar-refractivity contribution in [2.24, 2.45) is 4.99 Å². The summed E-state index contributed by atoms with van der Waals surface area (Å²) >= 11 is 6.32. The fourth-order valence-electron chi connectivity index (χ4n) is 4.90. The van der Waals surface area contributed by atoms with Gasteiger partial charge in [-0.3, -0.25) is 9.36 Å². The number of nitrogens with zero attached hydrogens (tertiary/aromatic N) is 2. The minimum atomic E-state index is -0.772. The normalized spacial score (nSPS) is 14.7. The van der Waals surface area contributed by atoms with Gasteiger partial charge in [-0.25, -0.2) is 9.79 Å². The molecular formula is C34H27BrN2O5S2. The molecule has 0 amide bonds. The SMILES string of the molecule is CCOC(=O)C1=C(c2ccccc2)N=c2s/c(=C/c3cc(Br)c(Sc4ccccc4)o3)c(=O)n2[C@@H]1c1ccc(OCC)cc1. The maximum Gasteiger partial charge on any atom is 0.338 e. The van der Waals surface area contributed by atoms with Gasteiger partial charge in [0, 0.05) is 16.5 Å². The molecule has 5 aromatic rings. The second kappa shape index (κ2) is 13.3. The smallest absolute Gasteiger partial charge is 0.338 e. The summed E-state index contributed by atoms with van der Waals surface area (Å²) < 4.78 is 20.1. The lowest BCUT2D eigenvalue weighted by molar-refractivity contribution is -0.138. The van der Waals surface area contributed by atoms with E-state index in [4.69, 9.17) is 18.9 Å². The van der Waals surface area contributed by atoms with Crippen molar-refractivity contribution in [1.29, 1.82) is 0 Å². The van der Waals surface area contributed by atoms with E-state index in [1.165, 1.54) is 23.1 Å². The molecule has 0 spiro atoms. The molecule has 0 unspecified atom stereocenters. The van der Waals surface area contributed by atoms with E-state index in [1.807, 2.05) is 97.9 Å². The molecule has 1 aliphatic rings. The Bertz CT molecular complexity index is 2010. The molecule has 0 aliphatic carbocycles. The molecule has 0 bridgehead atoms. The monoisotopic (exact) mass is 686 g/mol. The van der Waals surface area contributed by atoms with Gasteiger partial charge < -0.3 is 13.9 Å². The Kier molecular flexibility index (Phi) is 9.02. The highest BCUT2D eigenvalue weighted by molar-refractivity contribution is 9.10. The van der Waals surface area contributed by atoms with E-state index >= 15 is 0 Å². The molecule has 1 atom stereocenters. The Balaban J connectivity index is 1.53. The zero-order valence-corrected chi connectivity index (χ0v) is 27.1. The third kappa shape index (κ3) is 6.10. The van der Waals surface area contributed by atoms with E-state index < -0.39 is 12.0 Å². The quantitative estimate of drug-likeness (QED) is 0.158. The summed E-state index contributed by atoms with van der Waals surface area (Å²) in [6.07, 6.45) is 1.72. The molecule has 2 aromatic heterocycles. The van der Waals surface area contributed by atoms with Gasteiger partial charge in [0.1, 0.15) is 11.5 Å². The first kappa shape index (κ1) is 29.9. The Morgan fingerprint density at radius 1 is 1.02 bits per heavy atom. The lowest BCUT2D eigenvalue weighted by atomic mass is 9.93. The maximum atomic E-state index is 14.1. The minimum absolute atomic E-state index is 0.182. The van der Waals surface area contributed by atoms with Crippen molar-refractivity contribution >= 4 is 56.8 Å². The summed E-state index contributed by atoms with van der Waals surface area (Å²) in [5.41, 5.74) is 1.96. The summed E-state index contributed by atoms with van der Waals surface area (Å²) in [5.74, 6) is 0.688. The molecule has 3 aromatic carbocycles. The first-order valence-corrected chi connectivity index (χ1v) is 16.4. The van der Waals surface area contributed by atoms with Crippen molar-refractivity contribution in [3.05, 3.63) is 138 Å². The van der Waals surface area contributed by atoms with Gasteiger partial charge in [-0.05, 0) is 65.7 Å². The van der Waals surface area contributed by atoms with Crippen molar-refractivity contribution in [2.45, 2.75) is 29.9 Å².